The lowest BCUT2D eigenvalue weighted by atomic mass is 10.1. The van der Waals surface area contributed by atoms with E-state index in [-0.39, 0.29) is 11.6 Å². The highest BCUT2D eigenvalue weighted by Crippen LogP contribution is 2.17. The minimum Gasteiger partial charge on any atom is -0.462 e. The predicted octanol–water partition coefficient (Wildman–Crippen LogP) is 3.07. The highest BCUT2D eigenvalue weighted by Gasteiger charge is 2.32. The number of ether oxygens (including phenoxy) is 1. The molecule has 1 aliphatic rings. The molecule has 24 heavy (non-hydrogen) atoms. The molecular weight excluding hydrogens is 314 g/mol. The molecule has 136 valence electrons. The second kappa shape index (κ2) is 9.69. The van der Waals surface area contributed by atoms with Crippen LogP contribution in [-0.2, 0) is 16.1 Å². The van der Waals surface area contributed by atoms with Gasteiger partial charge in [0.2, 0.25) is 0 Å². The second-order valence-corrected chi connectivity index (χ2v) is 6.95. The quantitative estimate of drug-likeness (QED) is 0.854. The van der Waals surface area contributed by atoms with E-state index < -0.39 is 12.5 Å². The molecule has 0 aromatic heterocycles. The maximum Gasteiger partial charge on any atom is 0.293 e. The highest BCUT2D eigenvalue weighted by molar-refractivity contribution is 5.37. The molecule has 0 bridgehead atoms. The number of nitrogens with zero attached hydrogens (tertiary/aromatic N) is 1. The molecule has 1 aromatic carbocycles. The lowest BCUT2D eigenvalue weighted by Crippen LogP contribution is -2.57. The summed E-state index contributed by atoms with van der Waals surface area (Å²) in [6.07, 6.45) is -2.29. The van der Waals surface area contributed by atoms with Crippen LogP contribution in [0, 0.1) is 0 Å². The van der Waals surface area contributed by atoms with Crippen molar-refractivity contribution in [1.29, 1.82) is 0 Å². The lowest BCUT2D eigenvalue weighted by molar-refractivity contribution is -0.138. The lowest BCUT2D eigenvalue weighted by Gasteiger charge is -2.38. The van der Waals surface area contributed by atoms with Crippen LogP contribution in [0.15, 0.2) is 30.3 Å². The van der Waals surface area contributed by atoms with Gasteiger partial charge in [-0.3, -0.25) is 9.69 Å². The van der Waals surface area contributed by atoms with Gasteiger partial charge in [0.15, 0.2) is 0 Å². The van der Waals surface area contributed by atoms with Crippen LogP contribution in [0.25, 0.3) is 0 Å². The number of hydrogen-bond acceptors (Lipinski definition) is 4. The van der Waals surface area contributed by atoms with E-state index in [2.05, 4.69) is 10.1 Å². The average Bonchev–Trinajstić information content (AvgIpc) is 2.47. The monoisotopic (exact) mass is 342 g/mol. The predicted molar refractivity (Wildman–Crippen MR) is 91.0 cm³/mol. The van der Waals surface area contributed by atoms with Crippen molar-refractivity contribution in [3.8, 4) is 0 Å². The minimum absolute atomic E-state index is 0.272. The van der Waals surface area contributed by atoms with E-state index >= 15 is 0 Å². The summed E-state index contributed by atoms with van der Waals surface area (Å²) in [5, 5.41) is 3.11. The van der Waals surface area contributed by atoms with E-state index in [0.29, 0.717) is 26.1 Å². The zero-order valence-electron chi connectivity index (χ0n) is 14.8. The molecule has 0 saturated carbocycles. The van der Waals surface area contributed by atoms with Crippen LogP contribution in [0.5, 0.6) is 0 Å². The van der Waals surface area contributed by atoms with Gasteiger partial charge in [-0.25, -0.2) is 8.78 Å². The standard InChI is InChI=1S/C13H18F2N2.C5H10O2/c1-10-8-17(12(7-16-10)13(14)15)9-11-5-3-2-4-6-11;1-5(2,3)7-4-6/h2-6,10,12-13,16H,7-9H2,1H3;4H,1-3H3/t10-,12-;/m1./s1. The van der Waals surface area contributed by atoms with Crippen LogP contribution in [-0.4, -0.2) is 48.6 Å². The molecule has 0 unspecified atom stereocenters. The SMILES string of the molecule is CC(C)(C)OC=O.C[C@@H]1CN(Cc2ccccc2)[C@@H](C(F)F)CN1. The van der Waals surface area contributed by atoms with Gasteiger partial charge in [0.05, 0.1) is 6.04 Å². The number of rotatable bonds is 4. The summed E-state index contributed by atoms with van der Waals surface area (Å²) in [6.45, 7) is 9.58. The van der Waals surface area contributed by atoms with Crippen LogP contribution in [0.4, 0.5) is 8.78 Å². The largest absolute Gasteiger partial charge is 0.462 e. The molecule has 1 aliphatic heterocycles. The van der Waals surface area contributed by atoms with E-state index in [4.69, 9.17) is 0 Å². The number of halogens is 2. The van der Waals surface area contributed by atoms with Gasteiger partial charge in [-0.15, -0.1) is 0 Å². The van der Waals surface area contributed by atoms with Crippen LogP contribution < -0.4 is 5.32 Å². The number of carbonyl (C=O) groups is 1. The molecule has 2 rings (SSSR count). The van der Waals surface area contributed by atoms with E-state index in [1.54, 1.807) is 0 Å². The van der Waals surface area contributed by atoms with E-state index in [0.717, 1.165) is 5.56 Å². The van der Waals surface area contributed by atoms with Gasteiger partial charge in [0.25, 0.3) is 12.9 Å². The molecule has 1 aromatic rings. The summed E-state index contributed by atoms with van der Waals surface area (Å²) < 4.78 is 30.4. The Kier molecular flexibility index (Phi) is 8.28. The Labute approximate surface area is 143 Å². The summed E-state index contributed by atoms with van der Waals surface area (Å²) >= 11 is 0. The Bertz CT molecular complexity index is 478. The topological polar surface area (TPSA) is 41.6 Å². The molecule has 4 nitrogen and oxygen atoms in total. The molecule has 1 saturated heterocycles. The van der Waals surface area contributed by atoms with Gasteiger partial charge >= 0.3 is 0 Å². The third-order valence-electron chi connectivity index (χ3n) is 3.57. The summed E-state index contributed by atoms with van der Waals surface area (Å²) in [6, 6.07) is 9.38. The fraction of sp³-hybridized carbons (Fsp3) is 0.611. The Morgan fingerprint density at radius 3 is 2.42 bits per heavy atom. The number of benzene rings is 1. The molecule has 0 radical (unpaired) electrons. The Balaban J connectivity index is 0.000000351. The van der Waals surface area contributed by atoms with Crippen LogP contribution in [0.2, 0.25) is 0 Å². The average molecular weight is 342 g/mol. The van der Waals surface area contributed by atoms with Crippen LogP contribution >= 0.6 is 0 Å². The van der Waals surface area contributed by atoms with Gasteiger partial charge in [-0.2, -0.15) is 0 Å². The van der Waals surface area contributed by atoms with Crippen molar-refractivity contribution < 1.29 is 18.3 Å². The first kappa shape index (κ1) is 20.5. The minimum atomic E-state index is -2.29. The molecule has 0 amide bonds. The van der Waals surface area contributed by atoms with Gasteiger partial charge in [0, 0.05) is 25.7 Å². The highest BCUT2D eigenvalue weighted by atomic mass is 19.3. The van der Waals surface area contributed by atoms with Crippen molar-refractivity contribution in [2.75, 3.05) is 13.1 Å². The van der Waals surface area contributed by atoms with Crippen molar-refractivity contribution in [3.63, 3.8) is 0 Å². The Hall–Kier alpha value is -1.53. The normalized spacial score (nSPS) is 21.8. The van der Waals surface area contributed by atoms with Crippen molar-refractivity contribution in [2.24, 2.45) is 0 Å². The number of piperazine rings is 1. The first-order chi connectivity index (χ1) is 11.2. The molecule has 1 fully saturated rings. The zero-order chi connectivity index (χ0) is 18.2. The van der Waals surface area contributed by atoms with Crippen LogP contribution in [0.3, 0.4) is 0 Å². The van der Waals surface area contributed by atoms with Crippen molar-refractivity contribution in [2.45, 2.75) is 58.3 Å². The van der Waals surface area contributed by atoms with Gasteiger partial charge < -0.3 is 10.1 Å². The fourth-order valence-electron chi connectivity index (χ4n) is 2.40. The molecule has 2 atom stereocenters. The summed E-state index contributed by atoms with van der Waals surface area (Å²) in [7, 11) is 0. The van der Waals surface area contributed by atoms with Crippen molar-refractivity contribution in [1.82, 2.24) is 10.2 Å². The number of carbonyl (C=O) groups excluding carboxylic acids is 1. The first-order valence-electron chi connectivity index (χ1n) is 8.14. The third kappa shape index (κ3) is 7.84. The Morgan fingerprint density at radius 2 is 1.96 bits per heavy atom. The molecule has 6 heteroatoms. The molecular formula is C18H28F2N2O2. The maximum atomic E-state index is 12.9. The van der Waals surface area contributed by atoms with Crippen molar-refractivity contribution >= 4 is 6.47 Å². The number of nitrogens with one attached hydrogen (secondary N) is 1. The first-order valence-corrected chi connectivity index (χ1v) is 8.14. The van der Waals surface area contributed by atoms with E-state index in [9.17, 15) is 13.6 Å². The van der Waals surface area contributed by atoms with Gasteiger partial charge in [-0.05, 0) is 33.3 Å². The van der Waals surface area contributed by atoms with Crippen molar-refractivity contribution in [3.05, 3.63) is 35.9 Å². The molecule has 0 aliphatic carbocycles. The Morgan fingerprint density at radius 1 is 1.33 bits per heavy atom. The van der Waals surface area contributed by atoms with E-state index in [1.165, 1.54) is 0 Å². The summed E-state index contributed by atoms with van der Waals surface area (Å²) in [5.74, 6) is 0. The second-order valence-electron chi connectivity index (χ2n) is 6.95. The fourth-order valence-corrected chi connectivity index (χ4v) is 2.40. The smallest absolute Gasteiger partial charge is 0.293 e. The van der Waals surface area contributed by atoms with Crippen LogP contribution in [0.1, 0.15) is 33.3 Å². The van der Waals surface area contributed by atoms with Gasteiger partial charge in [-0.1, -0.05) is 30.3 Å². The third-order valence-corrected chi connectivity index (χ3v) is 3.57. The van der Waals surface area contributed by atoms with Gasteiger partial charge in [0.1, 0.15) is 5.60 Å². The summed E-state index contributed by atoms with van der Waals surface area (Å²) in [5.41, 5.74) is 0.772. The molecule has 0 spiro atoms. The number of hydrogen-bond donors (Lipinski definition) is 1. The number of alkyl halides is 2. The maximum absolute atomic E-state index is 12.9. The molecule has 1 heterocycles. The molecule has 1 N–H and O–H groups in total. The van der Waals surface area contributed by atoms with E-state index in [1.807, 2.05) is 62.9 Å². The summed E-state index contributed by atoms with van der Waals surface area (Å²) in [4.78, 5) is 11.5. The zero-order valence-corrected chi connectivity index (χ0v) is 14.8.